The third-order valence-corrected chi connectivity index (χ3v) is 4.03. The van der Waals surface area contributed by atoms with E-state index in [2.05, 4.69) is 15.5 Å². The molecule has 0 bridgehead atoms. The number of carbonyl (C=O) groups excluding carboxylic acids is 1. The zero-order valence-corrected chi connectivity index (χ0v) is 13.1. The van der Waals surface area contributed by atoms with Crippen LogP contribution in [-0.2, 0) is 4.79 Å². The molecule has 0 aliphatic rings. The van der Waals surface area contributed by atoms with Crippen molar-refractivity contribution in [2.24, 2.45) is 0 Å². The number of rotatable bonds is 7. The first-order chi connectivity index (χ1) is 10.3. The molecular weight excluding hydrogens is 286 g/mol. The molecule has 0 saturated heterocycles. The standard InChI is InChI=1S/C14H19N5OS/c1-3-18(4-2)13(20)10-11-21-14-15-16-17-19(14)12-8-6-5-7-9-12/h5-9H,3-4,10-11H2,1-2H3. The predicted octanol–water partition coefficient (Wildman–Crippen LogP) is 2.01. The van der Waals surface area contributed by atoms with E-state index in [-0.39, 0.29) is 5.91 Å². The Morgan fingerprint density at radius 1 is 1.24 bits per heavy atom. The van der Waals surface area contributed by atoms with Crippen LogP contribution in [0.5, 0.6) is 0 Å². The second kappa shape index (κ2) is 7.78. The Morgan fingerprint density at radius 3 is 2.62 bits per heavy atom. The van der Waals surface area contributed by atoms with Crippen LogP contribution in [0.15, 0.2) is 35.5 Å². The highest BCUT2D eigenvalue weighted by atomic mass is 32.2. The van der Waals surface area contributed by atoms with Gasteiger partial charge in [-0.15, -0.1) is 5.10 Å². The largest absolute Gasteiger partial charge is 0.343 e. The van der Waals surface area contributed by atoms with E-state index in [0.717, 1.165) is 18.8 Å². The lowest BCUT2D eigenvalue weighted by atomic mass is 10.3. The number of nitrogens with zero attached hydrogens (tertiary/aromatic N) is 5. The number of aromatic nitrogens is 4. The molecule has 0 saturated carbocycles. The zero-order chi connectivity index (χ0) is 15.1. The van der Waals surface area contributed by atoms with Crippen LogP contribution in [0.2, 0.25) is 0 Å². The van der Waals surface area contributed by atoms with Crippen molar-refractivity contribution < 1.29 is 4.79 Å². The fourth-order valence-electron chi connectivity index (χ4n) is 1.96. The monoisotopic (exact) mass is 305 g/mol. The lowest BCUT2D eigenvalue weighted by molar-refractivity contribution is -0.130. The number of benzene rings is 1. The molecule has 112 valence electrons. The van der Waals surface area contributed by atoms with E-state index < -0.39 is 0 Å². The molecule has 0 fully saturated rings. The van der Waals surface area contributed by atoms with E-state index in [0.29, 0.717) is 17.3 Å². The van der Waals surface area contributed by atoms with Crippen molar-refractivity contribution in [3.05, 3.63) is 30.3 Å². The van der Waals surface area contributed by atoms with E-state index in [1.54, 1.807) is 4.68 Å². The Hall–Kier alpha value is -1.89. The van der Waals surface area contributed by atoms with Crippen LogP contribution >= 0.6 is 11.8 Å². The molecule has 1 amide bonds. The molecule has 0 aliphatic heterocycles. The molecule has 6 nitrogen and oxygen atoms in total. The molecule has 0 spiro atoms. The molecule has 2 rings (SSSR count). The van der Waals surface area contributed by atoms with Crippen LogP contribution in [0, 0.1) is 0 Å². The van der Waals surface area contributed by atoms with Gasteiger partial charge in [-0.05, 0) is 36.4 Å². The van der Waals surface area contributed by atoms with Gasteiger partial charge in [-0.2, -0.15) is 4.68 Å². The third-order valence-electron chi connectivity index (χ3n) is 3.10. The minimum Gasteiger partial charge on any atom is -0.343 e. The van der Waals surface area contributed by atoms with Crippen LogP contribution in [0.4, 0.5) is 0 Å². The number of hydrogen-bond acceptors (Lipinski definition) is 5. The summed E-state index contributed by atoms with van der Waals surface area (Å²) in [6.45, 7) is 5.48. The quantitative estimate of drug-likeness (QED) is 0.732. The van der Waals surface area contributed by atoms with Crippen molar-refractivity contribution in [3.63, 3.8) is 0 Å². The minimum absolute atomic E-state index is 0.172. The molecule has 1 aromatic carbocycles. The summed E-state index contributed by atoms with van der Waals surface area (Å²) in [6, 6.07) is 9.72. The molecule has 2 aromatic rings. The highest BCUT2D eigenvalue weighted by Crippen LogP contribution is 2.18. The molecule has 0 atom stereocenters. The third kappa shape index (κ3) is 4.04. The van der Waals surface area contributed by atoms with Gasteiger partial charge in [0, 0.05) is 25.3 Å². The summed E-state index contributed by atoms with van der Waals surface area (Å²) >= 11 is 1.49. The normalized spacial score (nSPS) is 10.6. The van der Waals surface area contributed by atoms with E-state index in [9.17, 15) is 4.79 Å². The fraction of sp³-hybridized carbons (Fsp3) is 0.429. The van der Waals surface area contributed by atoms with Gasteiger partial charge in [0.15, 0.2) is 0 Å². The summed E-state index contributed by atoms with van der Waals surface area (Å²) in [5, 5.41) is 12.4. The molecular formula is C14H19N5OS. The van der Waals surface area contributed by atoms with Crippen LogP contribution < -0.4 is 0 Å². The van der Waals surface area contributed by atoms with Crippen molar-refractivity contribution in [3.8, 4) is 5.69 Å². The first-order valence-electron chi connectivity index (χ1n) is 7.00. The summed E-state index contributed by atoms with van der Waals surface area (Å²) in [5.41, 5.74) is 0.917. The maximum atomic E-state index is 11.9. The Morgan fingerprint density at radius 2 is 1.95 bits per heavy atom. The van der Waals surface area contributed by atoms with Crippen LogP contribution in [0.3, 0.4) is 0 Å². The number of amides is 1. The van der Waals surface area contributed by atoms with Crippen LogP contribution in [0.1, 0.15) is 20.3 Å². The fourth-order valence-corrected chi connectivity index (χ4v) is 2.78. The summed E-state index contributed by atoms with van der Waals surface area (Å²) in [7, 11) is 0. The van der Waals surface area contributed by atoms with Gasteiger partial charge >= 0.3 is 0 Å². The van der Waals surface area contributed by atoms with Gasteiger partial charge in [0.2, 0.25) is 11.1 Å². The van der Waals surface area contributed by atoms with Crippen molar-refractivity contribution in [1.29, 1.82) is 0 Å². The maximum Gasteiger partial charge on any atom is 0.223 e. The SMILES string of the molecule is CCN(CC)C(=O)CCSc1nnnn1-c1ccccc1. The second-order valence-corrected chi connectivity index (χ2v) is 5.44. The zero-order valence-electron chi connectivity index (χ0n) is 12.3. The van der Waals surface area contributed by atoms with Gasteiger partial charge in [-0.1, -0.05) is 30.0 Å². The number of hydrogen-bond donors (Lipinski definition) is 0. The highest BCUT2D eigenvalue weighted by Gasteiger charge is 2.12. The predicted molar refractivity (Wildman–Crippen MR) is 82.4 cm³/mol. The van der Waals surface area contributed by atoms with Crippen molar-refractivity contribution >= 4 is 17.7 Å². The molecule has 1 heterocycles. The molecule has 0 radical (unpaired) electrons. The molecule has 7 heteroatoms. The number of tetrazole rings is 1. The van der Waals surface area contributed by atoms with E-state index in [1.165, 1.54) is 11.8 Å². The van der Waals surface area contributed by atoms with Gasteiger partial charge in [-0.25, -0.2) is 0 Å². The average molecular weight is 305 g/mol. The molecule has 21 heavy (non-hydrogen) atoms. The van der Waals surface area contributed by atoms with Gasteiger partial charge in [0.05, 0.1) is 5.69 Å². The van der Waals surface area contributed by atoms with Gasteiger partial charge < -0.3 is 4.90 Å². The van der Waals surface area contributed by atoms with Crippen molar-refractivity contribution in [2.45, 2.75) is 25.4 Å². The van der Waals surface area contributed by atoms with Gasteiger partial charge in [0.25, 0.3) is 0 Å². The highest BCUT2D eigenvalue weighted by molar-refractivity contribution is 7.99. The summed E-state index contributed by atoms with van der Waals surface area (Å²) < 4.78 is 1.69. The smallest absolute Gasteiger partial charge is 0.223 e. The molecule has 0 N–H and O–H groups in total. The van der Waals surface area contributed by atoms with E-state index in [4.69, 9.17) is 0 Å². The van der Waals surface area contributed by atoms with Gasteiger partial charge in [0.1, 0.15) is 0 Å². The maximum absolute atomic E-state index is 11.9. The topological polar surface area (TPSA) is 63.9 Å². The lowest BCUT2D eigenvalue weighted by Gasteiger charge is -2.18. The molecule has 1 aromatic heterocycles. The minimum atomic E-state index is 0.172. The average Bonchev–Trinajstić information content (AvgIpc) is 2.98. The Kier molecular flexibility index (Phi) is 5.74. The summed E-state index contributed by atoms with van der Waals surface area (Å²) in [5.74, 6) is 0.842. The number of thioether (sulfide) groups is 1. The molecule has 0 unspecified atom stereocenters. The molecule has 0 aliphatic carbocycles. The van der Waals surface area contributed by atoms with Crippen molar-refractivity contribution in [2.75, 3.05) is 18.8 Å². The first-order valence-corrected chi connectivity index (χ1v) is 7.99. The van der Waals surface area contributed by atoms with Crippen LogP contribution in [0.25, 0.3) is 5.69 Å². The lowest BCUT2D eigenvalue weighted by Crippen LogP contribution is -2.30. The second-order valence-electron chi connectivity index (χ2n) is 4.37. The van der Waals surface area contributed by atoms with Crippen molar-refractivity contribution in [1.82, 2.24) is 25.1 Å². The first kappa shape index (κ1) is 15.5. The Bertz CT molecular complexity index is 568. The Labute approximate surface area is 128 Å². The van der Waals surface area contributed by atoms with Gasteiger partial charge in [-0.3, -0.25) is 4.79 Å². The van der Waals surface area contributed by atoms with E-state index in [1.807, 2.05) is 49.1 Å². The number of para-hydroxylation sites is 1. The summed E-state index contributed by atoms with van der Waals surface area (Å²) in [6.07, 6.45) is 0.494. The van der Waals surface area contributed by atoms with E-state index >= 15 is 0 Å². The number of carbonyl (C=O) groups is 1. The summed E-state index contributed by atoms with van der Waals surface area (Å²) in [4.78, 5) is 13.8. The Balaban J connectivity index is 1.93. The van der Waals surface area contributed by atoms with Crippen LogP contribution in [-0.4, -0.2) is 49.9 Å².